The van der Waals surface area contributed by atoms with Crippen molar-refractivity contribution in [2.45, 2.75) is 56.6 Å². The monoisotopic (exact) mass is 585 g/mol. The van der Waals surface area contributed by atoms with Crippen molar-refractivity contribution in [3.05, 3.63) is 99.4 Å². The number of carbonyl (C=O) groups excluding carboxylic acids is 2. The first-order valence-corrected chi connectivity index (χ1v) is 14.2. The number of rotatable bonds is 9. The Kier molecular flexibility index (Phi) is 8.41. The van der Waals surface area contributed by atoms with E-state index in [2.05, 4.69) is 23.6 Å². The molecule has 222 valence electrons. The van der Waals surface area contributed by atoms with E-state index < -0.39 is 40.2 Å². The number of benzene rings is 3. The summed E-state index contributed by atoms with van der Waals surface area (Å²) < 4.78 is 15.1. The number of likely N-dealkylation sites (tertiary alicyclic amines) is 1. The summed E-state index contributed by atoms with van der Waals surface area (Å²) in [5.74, 6) is -0.652. The van der Waals surface area contributed by atoms with Gasteiger partial charge >= 0.3 is 6.03 Å². The molecule has 3 amide bonds. The Balaban J connectivity index is 1.36. The molecule has 1 aliphatic heterocycles. The molecule has 1 saturated carbocycles. The molecule has 1 aliphatic carbocycles. The number of hydrogen-bond acceptors (Lipinski definition) is 6. The lowest BCUT2D eigenvalue weighted by Gasteiger charge is -2.32. The lowest BCUT2D eigenvalue weighted by atomic mass is 9.72. The average Bonchev–Trinajstić information content (AvgIpc) is 3.75. The van der Waals surface area contributed by atoms with E-state index >= 15 is 4.39 Å². The number of non-ortho nitro benzene ring substituents is 1. The van der Waals surface area contributed by atoms with Gasteiger partial charge < -0.3 is 20.6 Å². The van der Waals surface area contributed by atoms with Crippen molar-refractivity contribution in [1.29, 1.82) is 5.26 Å². The van der Waals surface area contributed by atoms with Crippen LogP contribution < -0.4 is 10.6 Å². The van der Waals surface area contributed by atoms with Gasteiger partial charge in [0.1, 0.15) is 11.9 Å². The molecule has 3 aromatic carbocycles. The summed E-state index contributed by atoms with van der Waals surface area (Å²) in [6.07, 6.45) is 3.11. The van der Waals surface area contributed by atoms with Crippen LogP contribution in [-0.4, -0.2) is 45.6 Å². The number of aliphatic hydroxyl groups excluding tert-OH is 1. The molecule has 10 nitrogen and oxygen atoms in total. The highest BCUT2D eigenvalue weighted by Crippen LogP contribution is 2.43. The second kappa shape index (κ2) is 12.2. The number of β-amino-alcohol motifs (C(OH)–C–C–N with tert-alkyl or cyclic N) is 1. The van der Waals surface area contributed by atoms with Crippen LogP contribution in [0.5, 0.6) is 0 Å². The van der Waals surface area contributed by atoms with Gasteiger partial charge in [0.2, 0.25) is 5.91 Å². The molecule has 1 unspecified atom stereocenters. The summed E-state index contributed by atoms with van der Waals surface area (Å²) in [5.41, 5.74) is 1.76. The van der Waals surface area contributed by atoms with Gasteiger partial charge in [-0.15, -0.1) is 0 Å². The fourth-order valence-electron chi connectivity index (χ4n) is 5.62. The zero-order valence-electron chi connectivity index (χ0n) is 23.6. The maximum Gasteiger partial charge on any atom is 0.322 e. The van der Waals surface area contributed by atoms with Crippen molar-refractivity contribution in [2.24, 2.45) is 5.92 Å². The van der Waals surface area contributed by atoms with Crippen molar-refractivity contribution in [3.8, 4) is 6.07 Å². The van der Waals surface area contributed by atoms with E-state index in [1.165, 1.54) is 43.2 Å². The third kappa shape index (κ3) is 6.65. The van der Waals surface area contributed by atoms with Gasteiger partial charge in [-0.1, -0.05) is 38.0 Å². The first kappa shape index (κ1) is 29.7. The lowest BCUT2D eigenvalue weighted by Crippen LogP contribution is -2.45. The smallest absolute Gasteiger partial charge is 0.322 e. The summed E-state index contributed by atoms with van der Waals surface area (Å²) in [6.45, 7) is 1.94. The number of carbonyl (C=O) groups is 2. The number of amides is 3. The maximum atomic E-state index is 15.1. The van der Waals surface area contributed by atoms with Gasteiger partial charge in [-0.05, 0) is 66.3 Å². The number of aliphatic hydroxyl groups is 1. The minimum atomic E-state index is -1.08. The number of anilines is 2. The Morgan fingerprint density at radius 2 is 1.84 bits per heavy atom. The molecule has 0 bridgehead atoms. The zero-order chi connectivity index (χ0) is 30.7. The number of nitro groups is 1. The van der Waals surface area contributed by atoms with Gasteiger partial charge in [-0.3, -0.25) is 14.9 Å². The number of nitrogens with zero attached hydrogens (tertiary/aromatic N) is 3. The topological polar surface area (TPSA) is 149 Å². The first-order chi connectivity index (χ1) is 20.6. The fourth-order valence-corrected chi connectivity index (χ4v) is 5.62. The van der Waals surface area contributed by atoms with Crippen molar-refractivity contribution >= 4 is 29.0 Å². The average molecular weight is 586 g/mol. The first-order valence-electron chi connectivity index (χ1n) is 14.2. The number of nitriles is 1. The summed E-state index contributed by atoms with van der Waals surface area (Å²) in [4.78, 5) is 38.0. The number of nitro benzene ring substituents is 1. The van der Waals surface area contributed by atoms with Crippen LogP contribution in [0.1, 0.15) is 55.7 Å². The Morgan fingerprint density at radius 3 is 2.51 bits per heavy atom. The SMILES string of the molecule is CC(CCC1CC1)(c1cccc(C#N)c1)c1ccc(F)c(NC(=O)[C@H]2C[C@@H](O)CN2C(=O)Nc2ccc([N+](=O)[O-])cc2)c1. The van der Waals surface area contributed by atoms with Crippen molar-refractivity contribution in [1.82, 2.24) is 4.90 Å². The van der Waals surface area contributed by atoms with Crippen LogP contribution >= 0.6 is 0 Å². The van der Waals surface area contributed by atoms with Gasteiger partial charge in [0, 0.05) is 36.2 Å². The van der Waals surface area contributed by atoms with Crippen LogP contribution in [0.15, 0.2) is 66.7 Å². The van der Waals surface area contributed by atoms with Crippen LogP contribution in [0.3, 0.4) is 0 Å². The highest BCUT2D eigenvalue weighted by molar-refractivity contribution is 6.00. The molecule has 3 N–H and O–H groups in total. The molecule has 5 rings (SSSR count). The third-order valence-corrected chi connectivity index (χ3v) is 8.41. The summed E-state index contributed by atoms with van der Waals surface area (Å²) in [7, 11) is 0. The number of halogens is 1. The molecular weight excluding hydrogens is 553 g/mol. The number of nitrogens with one attached hydrogen (secondary N) is 2. The molecule has 0 spiro atoms. The van der Waals surface area contributed by atoms with Crippen molar-refractivity contribution in [3.63, 3.8) is 0 Å². The molecule has 1 saturated heterocycles. The molecule has 43 heavy (non-hydrogen) atoms. The van der Waals surface area contributed by atoms with E-state index in [9.17, 15) is 30.1 Å². The van der Waals surface area contributed by atoms with Crippen molar-refractivity contribution in [2.75, 3.05) is 17.2 Å². The van der Waals surface area contributed by atoms with Crippen LogP contribution in [0.25, 0.3) is 0 Å². The van der Waals surface area contributed by atoms with E-state index in [1.54, 1.807) is 18.2 Å². The molecule has 11 heteroatoms. The minimum Gasteiger partial charge on any atom is -0.391 e. The molecule has 1 heterocycles. The maximum absolute atomic E-state index is 15.1. The van der Waals surface area contributed by atoms with Gasteiger partial charge in [0.15, 0.2) is 0 Å². The van der Waals surface area contributed by atoms with E-state index in [0.717, 1.165) is 28.9 Å². The molecule has 3 aromatic rings. The van der Waals surface area contributed by atoms with Crippen LogP contribution in [0.2, 0.25) is 0 Å². The predicted octanol–water partition coefficient (Wildman–Crippen LogP) is 5.71. The number of hydrogen-bond donors (Lipinski definition) is 3. The molecule has 0 radical (unpaired) electrons. The van der Waals surface area contributed by atoms with E-state index in [-0.39, 0.29) is 30.0 Å². The summed E-state index contributed by atoms with van der Waals surface area (Å²) in [6, 6.07) is 17.6. The van der Waals surface area contributed by atoms with E-state index in [4.69, 9.17) is 0 Å². The highest BCUT2D eigenvalue weighted by atomic mass is 19.1. The van der Waals surface area contributed by atoms with Gasteiger partial charge in [0.25, 0.3) is 5.69 Å². The zero-order valence-corrected chi connectivity index (χ0v) is 23.6. The van der Waals surface area contributed by atoms with Gasteiger partial charge in [-0.2, -0.15) is 5.26 Å². The Bertz CT molecular complexity index is 1590. The normalized spacial score (nSPS) is 19.3. The van der Waals surface area contributed by atoms with Crippen LogP contribution in [-0.2, 0) is 10.2 Å². The van der Waals surface area contributed by atoms with Gasteiger partial charge in [-0.25, -0.2) is 9.18 Å². The molecule has 2 fully saturated rings. The van der Waals surface area contributed by atoms with Gasteiger partial charge in [0.05, 0.1) is 28.3 Å². The molecule has 3 atom stereocenters. The molecular formula is C32H32FN5O5. The standard InChI is InChI=1S/C32H32FN5O5/c1-32(14-13-20-5-6-20,22-4-2-3-21(15-22)18-34)23-7-12-27(33)28(16-23)36-30(40)29-17-26(39)19-37(29)31(41)35-24-8-10-25(11-9-24)38(42)43/h2-4,7-12,15-16,20,26,29,39H,5-6,13-14,17,19H2,1H3,(H,35,41)(H,36,40)/t26-,29-,32?/m1/s1. The molecule has 0 aromatic heterocycles. The predicted molar refractivity (Wildman–Crippen MR) is 158 cm³/mol. The highest BCUT2D eigenvalue weighted by Gasteiger charge is 2.40. The minimum absolute atomic E-state index is 0.0408. The van der Waals surface area contributed by atoms with E-state index in [1.807, 2.05) is 18.2 Å². The second-order valence-corrected chi connectivity index (χ2v) is 11.5. The Labute approximate surface area is 248 Å². The second-order valence-electron chi connectivity index (χ2n) is 11.5. The molecule has 2 aliphatic rings. The number of urea groups is 1. The quantitative estimate of drug-likeness (QED) is 0.216. The van der Waals surface area contributed by atoms with E-state index in [0.29, 0.717) is 11.5 Å². The summed E-state index contributed by atoms with van der Waals surface area (Å²) >= 11 is 0. The lowest BCUT2D eigenvalue weighted by molar-refractivity contribution is -0.384. The largest absolute Gasteiger partial charge is 0.391 e. The Hall–Kier alpha value is -4.82. The summed E-state index contributed by atoms with van der Waals surface area (Å²) in [5, 5.41) is 35.9. The third-order valence-electron chi connectivity index (χ3n) is 8.41. The van der Waals surface area contributed by atoms with Crippen molar-refractivity contribution < 1.29 is 24.0 Å². The Morgan fingerprint density at radius 1 is 1.12 bits per heavy atom. The van der Waals surface area contributed by atoms with Crippen LogP contribution in [0, 0.1) is 33.2 Å². The van der Waals surface area contributed by atoms with Crippen LogP contribution in [0.4, 0.5) is 26.2 Å². The fraction of sp³-hybridized carbons (Fsp3) is 0.344.